The van der Waals surface area contributed by atoms with Crippen LogP contribution in [0.3, 0.4) is 0 Å². The van der Waals surface area contributed by atoms with Crippen molar-refractivity contribution in [2.75, 3.05) is 20.1 Å². The van der Waals surface area contributed by atoms with Crippen LogP contribution in [0, 0.1) is 5.41 Å². The molecule has 1 rings (SSSR count). The highest BCUT2D eigenvalue weighted by atomic mass is 15.3. The van der Waals surface area contributed by atoms with Crippen LogP contribution in [0.25, 0.3) is 0 Å². The van der Waals surface area contributed by atoms with E-state index >= 15 is 0 Å². The Balaban J connectivity index is 2.59. The summed E-state index contributed by atoms with van der Waals surface area (Å²) in [5.41, 5.74) is 5.43. The average Bonchev–Trinajstić information content (AvgIpc) is 1.99. The topological polar surface area (TPSA) is 56.4 Å². The van der Waals surface area contributed by atoms with Crippen molar-refractivity contribution in [1.82, 2.24) is 9.80 Å². The van der Waals surface area contributed by atoms with Gasteiger partial charge in [0, 0.05) is 25.2 Å². The van der Waals surface area contributed by atoms with E-state index in [1.165, 1.54) is 0 Å². The first kappa shape index (κ1) is 9.32. The Kier molecular flexibility index (Phi) is 2.57. The third-order valence-electron chi connectivity index (χ3n) is 2.70. The first-order valence-electron chi connectivity index (χ1n) is 4.33. The first-order valence-corrected chi connectivity index (χ1v) is 4.33. The van der Waals surface area contributed by atoms with Gasteiger partial charge in [-0.2, -0.15) is 0 Å². The maximum Gasteiger partial charge on any atom is 0.188 e. The summed E-state index contributed by atoms with van der Waals surface area (Å²) in [6.07, 6.45) is 0. The Morgan fingerprint density at radius 2 is 1.75 bits per heavy atom. The second-order valence-electron chi connectivity index (χ2n) is 3.65. The number of nitrogens with two attached hydrogens (primary N) is 1. The molecule has 0 amide bonds. The Bertz CT molecular complexity index is 168. The van der Waals surface area contributed by atoms with E-state index < -0.39 is 0 Å². The van der Waals surface area contributed by atoms with Crippen molar-refractivity contribution < 1.29 is 0 Å². The molecule has 0 unspecified atom stereocenters. The van der Waals surface area contributed by atoms with E-state index in [2.05, 4.69) is 25.8 Å². The van der Waals surface area contributed by atoms with Crippen LogP contribution in [0.1, 0.15) is 13.8 Å². The van der Waals surface area contributed by atoms with E-state index in [4.69, 9.17) is 11.1 Å². The fourth-order valence-corrected chi connectivity index (χ4v) is 1.60. The largest absolute Gasteiger partial charge is 0.370 e. The Morgan fingerprint density at radius 3 is 2.08 bits per heavy atom. The second-order valence-corrected chi connectivity index (χ2v) is 3.65. The molecule has 0 aromatic heterocycles. The van der Waals surface area contributed by atoms with Crippen LogP contribution in [0.4, 0.5) is 0 Å². The van der Waals surface area contributed by atoms with Crippen LogP contribution in [-0.2, 0) is 0 Å². The summed E-state index contributed by atoms with van der Waals surface area (Å²) in [5.74, 6) is 0.196. The summed E-state index contributed by atoms with van der Waals surface area (Å²) in [6.45, 7) is 6.06. The molecule has 2 atom stereocenters. The van der Waals surface area contributed by atoms with Crippen LogP contribution >= 0.6 is 0 Å². The minimum absolute atomic E-state index is 0.196. The number of hydrogen-bond acceptors (Lipinski definition) is 2. The molecule has 0 bridgehead atoms. The van der Waals surface area contributed by atoms with Gasteiger partial charge in [0.2, 0.25) is 0 Å². The molecule has 0 saturated carbocycles. The molecule has 1 heterocycles. The van der Waals surface area contributed by atoms with E-state index in [0.29, 0.717) is 12.1 Å². The zero-order valence-corrected chi connectivity index (χ0v) is 8.04. The molecule has 1 aliphatic rings. The highest BCUT2D eigenvalue weighted by Crippen LogP contribution is 2.12. The summed E-state index contributed by atoms with van der Waals surface area (Å²) in [4.78, 5) is 4.24. The molecule has 0 aromatic rings. The molecule has 1 saturated heterocycles. The van der Waals surface area contributed by atoms with E-state index in [9.17, 15) is 0 Å². The van der Waals surface area contributed by atoms with E-state index in [-0.39, 0.29) is 5.96 Å². The van der Waals surface area contributed by atoms with Gasteiger partial charge < -0.3 is 10.6 Å². The Labute approximate surface area is 73.8 Å². The number of guanidine groups is 1. The highest BCUT2D eigenvalue weighted by Gasteiger charge is 2.26. The van der Waals surface area contributed by atoms with Crippen molar-refractivity contribution in [1.29, 1.82) is 5.41 Å². The molecule has 0 aromatic carbocycles. The Hall–Kier alpha value is -0.770. The lowest BCUT2D eigenvalue weighted by Crippen LogP contribution is -2.57. The van der Waals surface area contributed by atoms with Crippen molar-refractivity contribution in [3.05, 3.63) is 0 Å². The van der Waals surface area contributed by atoms with Crippen molar-refractivity contribution in [2.45, 2.75) is 25.9 Å². The fourth-order valence-electron chi connectivity index (χ4n) is 1.60. The van der Waals surface area contributed by atoms with Gasteiger partial charge in [-0.05, 0) is 20.9 Å². The van der Waals surface area contributed by atoms with Crippen LogP contribution in [0.15, 0.2) is 0 Å². The molecule has 1 fully saturated rings. The van der Waals surface area contributed by atoms with Crippen molar-refractivity contribution in [3.63, 3.8) is 0 Å². The summed E-state index contributed by atoms with van der Waals surface area (Å²) in [6, 6.07) is 0.968. The zero-order valence-electron chi connectivity index (χ0n) is 8.04. The maximum absolute atomic E-state index is 7.32. The number of rotatable bonds is 0. The second kappa shape index (κ2) is 3.31. The van der Waals surface area contributed by atoms with E-state index in [1.807, 2.05) is 4.90 Å². The predicted octanol–water partition coefficient (Wildman–Crippen LogP) is -0.0957. The number of hydrogen-bond donors (Lipinski definition) is 2. The van der Waals surface area contributed by atoms with Gasteiger partial charge in [0.05, 0.1) is 0 Å². The molecule has 4 nitrogen and oxygen atoms in total. The summed E-state index contributed by atoms with van der Waals surface area (Å²) >= 11 is 0. The number of nitrogens with one attached hydrogen (secondary N) is 1. The zero-order chi connectivity index (χ0) is 9.30. The molecule has 4 heteroatoms. The van der Waals surface area contributed by atoms with Gasteiger partial charge in [0.1, 0.15) is 0 Å². The minimum Gasteiger partial charge on any atom is -0.370 e. The molecule has 0 aliphatic carbocycles. The Morgan fingerprint density at radius 1 is 1.33 bits per heavy atom. The summed E-state index contributed by atoms with van der Waals surface area (Å²) in [5, 5.41) is 7.32. The van der Waals surface area contributed by atoms with Gasteiger partial charge in [-0.1, -0.05) is 0 Å². The normalized spacial score (nSPS) is 32.1. The highest BCUT2D eigenvalue weighted by molar-refractivity contribution is 5.74. The standard InChI is InChI=1S/C8H18N4/c1-6-4-12(8(9)10)5-7(2)11(6)3/h6-7H,4-5H2,1-3H3,(H3,9,10)/t6-,7+. The van der Waals surface area contributed by atoms with Crippen LogP contribution in [-0.4, -0.2) is 48.0 Å². The quantitative estimate of drug-likeness (QED) is 0.394. The number of piperazine rings is 1. The van der Waals surface area contributed by atoms with Crippen LogP contribution in [0.2, 0.25) is 0 Å². The molecule has 0 spiro atoms. The van der Waals surface area contributed by atoms with Crippen molar-refractivity contribution in [2.24, 2.45) is 5.73 Å². The minimum atomic E-state index is 0.196. The fraction of sp³-hybridized carbons (Fsp3) is 0.875. The third-order valence-corrected chi connectivity index (χ3v) is 2.70. The molecule has 0 radical (unpaired) electrons. The molecule has 1 aliphatic heterocycles. The molecular weight excluding hydrogens is 152 g/mol. The van der Waals surface area contributed by atoms with Gasteiger partial charge in [0.25, 0.3) is 0 Å². The third kappa shape index (κ3) is 1.69. The monoisotopic (exact) mass is 170 g/mol. The smallest absolute Gasteiger partial charge is 0.188 e. The van der Waals surface area contributed by atoms with Crippen LogP contribution < -0.4 is 5.73 Å². The van der Waals surface area contributed by atoms with E-state index in [0.717, 1.165) is 13.1 Å². The predicted molar refractivity (Wildman–Crippen MR) is 50.2 cm³/mol. The van der Waals surface area contributed by atoms with Gasteiger partial charge in [-0.25, -0.2) is 0 Å². The van der Waals surface area contributed by atoms with Gasteiger partial charge >= 0.3 is 0 Å². The first-order chi connectivity index (χ1) is 5.52. The van der Waals surface area contributed by atoms with Crippen LogP contribution in [0.5, 0.6) is 0 Å². The average molecular weight is 170 g/mol. The molecule has 12 heavy (non-hydrogen) atoms. The van der Waals surface area contributed by atoms with E-state index in [1.54, 1.807) is 0 Å². The lowest BCUT2D eigenvalue weighted by molar-refractivity contribution is 0.0977. The van der Waals surface area contributed by atoms with Gasteiger partial charge in [0.15, 0.2) is 5.96 Å². The summed E-state index contributed by atoms with van der Waals surface area (Å²) < 4.78 is 0. The lowest BCUT2D eigenvalue weighted by Gasteiger charge is -2.42. The molecular formula is C8H18N4. The molecule has 70 valence electrons. The van der Waals surface area contributed by atoms with Crippen molar-refractivity contribution >= 4 is 5.96 Å². The van der Waals surface area contributed by atoms with Crippen molar-refractivity contribution in [3.8, 4) is 0 Å². The lowest BCUT2D eigenvalue weighted by atomic mass is 10.1. The SMILES string of the molecule is C[C@@H]1CN(C(=N)N)C[C@H](C)N1C. The summed E-state index contributed by atoms with van der Waals surface area (Å²) in [7, 11) is 2.12. The number of nitrogens with zero attached hydrogens (tertiary/aromatic N) is 2. The molecule has 3 N–H and O–H groups in total. The van der Waals surface area contributed by atoms with Gasteiger partial charge in [-0.15, -0.1) is 0 Å². The maximum atomic E-state index is 7.32. The van der Waals surface area contributed by atoms with Gasteiger partial charge in [-0.3, -0.25) is 10.3 Å². The number of likely N-dealkylation sites (N-methyl/N-ethyl adjacent to an activating group) is 1.